The minimum atomic E-state index is -0.844. The van der Waals surface area contributed by atoms with E-state index in [-0.39, 0.29) is 24.5 Å². The predicted octanol–water partition coefficient (Wildman–Crippen LogP) is 2.93. The number of carbonyl (C=O) groups is 1. The van der Waals surface area contributed by atoms with Crippen LogP contribution in [-0.2, 0) is 19.9 Å². The number of likely N-dealkylation sites (N-methyl/N-ethyl adjacent to an activating group) is 1. The normalized spacial score (nSPS) is 20.4. The summed E-state index contributed by atoms with van der Waals surface area (Å²) in [5.41, 5.74) is 0.113. The van der Waals surface area contributed by atoms with E-state index in [0.29, 0.717) is 40.3 Å². The second-order valence-electron chi connectivity index (χ2n) is 7.88. The maximum Gasteiger partial charge on any atom is 0.274 e. The molecular formula is C22H23ClN6O4. The first-order valence-corrected chi connectivity index (χ1v) is 10.7. The molecule has 0 radical (unpaired) electrons. The average molecular weight is 471 g/mol. The van der Waals surface area contributed by atoms with Crippen molar-refractivity contribution in [1.29, 1.82) is 5.26 Å². The van der Waals surface area contributed by atoms with Crippen LogP contribution in [0.2, 0.25) is 5.02 Å². The second kappa shape index (κ2) is 9.23. The average Bonchev–Trinajstić information content (AvgIpc) is 3.20. The van der Waals surface area contributed by atoms with Crippen LogP contribution in [0.25, 0.3) is 10.9 Å². The zero-order chi connectivity index (χ0) is 23.6. The van der Waals surface area contributed by atoms with Gasteiger partial charge in [-0.1, -0.05) is 11.6 Å². The molecule has 33 heavy (non-hydrogen) atoms. The van der Waals surface area contributed by atoms with E-state index in [1.165, 1.54) is 14.2 Å². The maximum absolute atomic E-state index is 12.7. The van der Waals surface area contributed by atoms with Crippen LogP contribution in [0, 0.1) is 11.3 Å². The summed E-state index contributed by atoms with van der Waals surface area (Å²) in [5.74, 6) is 0.0544. The fraction of sp³-hybridized carbons (Fsp3) is 0.364. The van der Waals surface area contributed by atoms with Gasteiger partial charge in [-0.2, -0.15) is 10.4 Å². The summed E-state index contributed by atoms with van der Waals surface area (Å²) in [7, 11) is 2.92. The number of nitrogens with one attached hydrogen (secondary N) is 2. The van der Waals surface area contributed by atoms with Crippen molar-refractivity contribution in [2.75, 3.05) is 26.1 Å². The van der Waals surface area contributed by atoms with Gasteiger partial charge in [-0.25, -0.2) is 5.06 Å². The summed E-state index contributed by atoms with van der Waals surface area (Å²) in [6.07, 6.45) is 1.78. The molecule has 2 aromatic heterocycles. The molecule has 172 valence electrons. The number of pyridine rings is 1. The lowest BCUT2D eigenvalue weighted by Crippen LogP contribution is -2.49. The van der Waals surface area contributed by atoms with E-state index in [0.717, 1.165) is 5.06 Å². The lowest BCUT2D eigenvalue weighted by atomic mass is 9.87. The molecule has 0 unspecified atom stereocenters. The van der Waals surface area contributed by atoms with Gasteiger partial charge >= 0.3 is 0 Å². The maximum atomic E-state index is 12.7. The fourth-order valence-corrected chi connectivity index (χ4v) is 4.15. The molecule has 1 aliphatic rings. The first-order valence-electron chi connectivity index (χ1n) is 10.3. The largest absolute Gasteiger partial charge is 0.366 e. The van der Waals surface area contributed by atoms with E-state index < -0.39 is 11.6 Å². The Kier molecular flexibility index (Phi) is 6.37. The molecule has 10 nitrogen and oxygen atoms in total. The van der Waals surface area contributed by atoms with Gasteiger partial charge in [0.25, 0.3) is 11.5 Å². The minimum absolute atomic E-state index is 0.0818. The Balaban J connectivity index is 1.73. The van der Waals surface area contributed by atoms with Crippen molar-refractivity contribution in [3.05, 3.63) is 51.9 Å². The van der Waals surface area contributed by atoms with Crippen LogP contribution in [0.5, 0.6) is 0 Å². The second-order valence-corrected chi connectivity index (χ2v) is 8.31. The Morgan fingerprint density at radius 3 is 2.85 bits per heavy atom. The molecule has 0 saturated carbocycles. The van der Waals surface area contributed by atoms with Crippen LogP contribution in [0.1, 0.15) is 19.3 Å². The highest BCUT2D eigenvalue weighted by molar-refractivity contribution is 6.30. The van der Waals surface area contributed by atoms with Gasteiger partial charge in [0.05, 0.1) is 37.3 Å². The molecule has 0 bridgehead atoms. The highest BCUT2D eigenvalue weighted by atomic mass is 35.5. The van der Waals surface area contributed by atoms with Gasteiger partial charge in [-0.3, -0.25) is 19.1 Å². The number of aromatic nitrogens is 3. The van der Waals surface area contributed by atoms with E-state index in [1.807, 2.05) is 0 Å². The first-order chi connectivity index (χ1) is 15.9. The third-order valence-electron chi connectivity index (χ3n) is 5.85. The smallest absolute Gasteiger partial charge is 0.274 e. The number of aromatic amines is 1. The zero-order valence-corrected chi connectivity index (χ0v) is 18.9. The summed E-state index contributed by atoms with van der Waals surface area (Å²) in [5, 5.41) is 19.6. The zero-order valence-electron chi connectivity index (χ0n) is 18.2. The van der Waals surface area contributed by atoms with Crippen LogP contribution < -0.4 is 10.9 Å². The number of hydrogen-bond donors (Lipinski definition) is 2. The van der Waals surface area contributed by atoms with Crippen molar-refractivity contribution in [2.24, 2.45) is 0 Å². The van der Waals surface area contributed by atoms with Crippen molar-refractivity contribution in [3.63, 3.8) is 0 Å². The Hall–Kier alpha value is -3.39. The summed E-state index contributed by atoms with van der Waals surface area (Å²) in [4.78, 5) is 32.8. The number of rotatable bonds is 6. The van der Waals surface area contributed by atoms with Crippen LogP contribution in [-0.4, -0.2) is 52.6 Å². The van der Waals surface area contributed by atoms with Crippen LogP contribution in [0.3, 0.4) is 0 Å². The van der Waals surface area contributed by atoms with Gasteiger partial charge in [0.15, 0.2) is 5.82 Å². The molecule has 3 aromatic rings. The van der Waals surface area contributed by atoms with Gasteiger partial charge < -0.3 is 15.0 Å². The Bertz CT molecular complexity index is 1250. The van der Waals surface area contributed by atoms with Gasteiger partial charge in [-0.15, -0.1) is 0 Å². The van der Waals surface area contributed by atoms with Crippen LogP contribution in [0.4, 0.5) is 11.5 Å². The molecule has 3 heterocycles. The highest BCUT2D eigenvalue weighted by Crippen LogP contribution is 2.37. The quantitative estimate of drug-likeness (QED) is 0.530. The molecule has 11 heteroatoms. The lowest BCUT2D eigenvalue weighted by molar-refractivity contribution is -0.187. The number of carbonyl (C=O) groups excluding carboxylic acids is 1. The Labute approximate surface area is 194 Å². The SMILES string of the molecule is CON(C)C(=O)[C@@H]1CC[C@@](CC#N)(n2nc(Nc3ccc(Cl)cc3)c3c(=O)[nH]ccc32)CO1. The molecule has 2 N–H and O–H groups in total. The van der Waals surface area contributed by atoms with Crippen molar-refractivity contribution < 1.29 is 14.4 Å². The van der Waals surface area contributed by atoms with E-state index in [2.05, 4.69) is 16.4 Å². The molecule has 1 fully saturated rings. The summed E-state index contributed by atoms with van der Waals surface area (Å²) in [6, 6.07) is 11.0. The number of ether oxygens (including phenoxy) is 1. The summed E-state index contributed by atoms with van der Waals surface area (Å²) < 4.78 is 7.58. The number of halogens is 1. The number of hydroxylamine groups is 2. The predicted molar refractivity (Wildman–Crippen MR) is 122 cm³/mol. The summed E-state index contributed by atoms with van der Waals surface area (Å²) in [6.45, 7) is 0.0818. The highest BCUT2D eigenvalue weighted by Gasteiger charge is 2.42. The number of benzene rings is 1. The topological polar surface area (TPSA) is 125 Å². The van der Waals surface area contributed by atoms with Crippen LogP contribution >= 0.6 is 11.6 Å². The molecule has 1 aliphatic heterocycles. The van der Waals surface area contributed by atoms with Crippen molar-refractivity contribution >= 4 is 39.9 Å². The van der Waals surface area contributed by atoms with Crippen molar-refractivity contribution in [1.82, 2.24) is 19.8 Å². The number of fused-ring (bicyclic) bond motifs is 1. The molecule has 1 amide bonds. The van der Waals surface area contributed by atoms with E-state index in [4.69, 9.17) is 26.3 Å². The van der Waals surface area contributed by atoms with E-state index in [1.54, 1.807) is 41.2 Å². The molecule has 0 spiro atoms. The first kappa shape index (κ1) is 22.8. The number of anilines is 2. The van der Waals surface area contributed by atoms with Crippen molar-refractivity contribution in [2.45, 2.75) is 30.9 Å². The van der Waals surface area contributed by atoms with Gasteiger partial charge in [0.2, 0.25) is 0 Å². The summed E-state index contributed by atoms with van der Waals surface area (Å²) >= 11 is 5.97. The Morgan fingerprint density at radius 1 is 1.45 bits per heavy atom. The third kappa shape index (κ3) is 4.30. The lowest BCUT2D eigenvalue weighted by Gasteiger charge is -2.39. The molecule has 4 rings (SSSR count). The molecule has 1 aromatic carbocycles. The van der Waals surface area contributed by atoms with E-state index >= 15 is 0 Å². The minimum Gasteiger partial charge on any atom is -0.366 e. The number of nitrogens with zero attached hydrogens (tertiary/aromatic N) is 4. The third-order valence-corrected chi connectivity index (χ3v) is 6.10. The van der Waals surface area contributed by atoms with Gasteiger partial charge in [0.1, 0.15) is 11.5 Å². The number of nitriles is 1. The van der Waals surface area contributed by atoms with Crippen LogP contribution in [0.15, 0.2) is 41.3 Å². The van der Waals surface area contributed by atoms with Crippen molar-refractivity contribution in [3.8, 4) is 6.07 Å². The standard InChI is InChI=1S/C22H23ClN6O4/c1-28(32-2)21(31)17-7-9-22(10-11-24,13-33-17)29-16-8-12-25-20(30)18(16)19(27-29)26-15-5-3-14(23)4-6-15/h3-6,8,12,17H,7,9-10,13H2,1-2H3,(H,25,30)(H,26,27)/t17-,22-/m0/s1. The molecular weight excluding hydrogens is 448 g/mol. The monoisotopic (exact) mass is 470 g/mol. The molecule has 1 saturated heterocycles. The van der Waals surface area contributed by atoms with E-state index in [9.17, 15) is 14.9 Å². The van der Waals surface area contributed by atoms with Gasteiger partial charge in [-0.05, 0) is 43.2 Å². The van der Waals surface area contributed by atoms with Gasteiger partial charge in [0, 0.05) is 24.0 Å². The number of amides is 1. The number of hydrogen-bond acceptors (Lipinski definition) is 7. The molecule has 0 aliphatic carbocycles. The fourth-order valence-electron chi connectivity index (χ4n) is 4.02. The molecule has 2 atom stereocenters. The Morgan fingerprint density at radius 2 is 2.21 bits per heavy atom. The number of H-pyrrole nitrogens is 1.